The van der Waals surface area contributed by atoms with Gasteiger partial charge in [0.05, 0.1) is 29.7 Å². The number of morpholine rings is 1. The van der Waals surface area contributed by atoms with Crippen molar-refractivity contribution in [2.75, 3.05) is 30.9 Å². The van der Waals surface area contributed by atoms with E-state index in [0.717, 1.165) is 5.69 Å². The van der Waals surface area contributed by atoms with Crippen LogP contribution in [0.25, 0.3) is 0 Å². The summed E-state index contributed by atoms with van der Waals surface area (Å²) in [5, 5.41) is 6.83. The fourth-order valence-electron chi connectivity index (χ4n) is 2.88. The molecule has 8 nitrogen and oxygen atoms in total. The van der Waals surface area contributed by atoms with Gasteiger partial charge in [0.1, 0.15) is 5.82 Å². The highest BCUT2D eigenvalue weighted by Gasteiger charge is 2.34. The van der Waals surface area contributed by atoms with Crippen LogP contribution in [0.15, 0.2) is 18.2 Å². The third kappa shape index (κ3) is 4.08. The number of aromatic amines is 1. The van der Waals surface area contributed by atoms with Crippen molar-refractivity contribution in [2.45, 2.75) is 38.5 Å². The normalized spacial score (nSPS) is 18.6. The summed E-state index contributed by atoms with van der Waals surface area (Å²) < 4.78 is 35.0. The molecule has 0 saturated carbocycles. The zero-order valence-corrected chi connectivity index (χ0v) is 17.1. The molecule has 1 aliphatic heterocycles. The maximum atomic E-state index is 12.4. The third-order valence-electron chi connectivity index (χ3n) is 4.97. The highest BCUT2D eigenvalue weighted by molar-refractivity contribution is 7.91. The molecule has 0 aliphatic carbocycles. The number of nitrogens with zero attached hydrogens (tertiary/aromatic N) is 3. The Hall–Kier alpha value is -2.13. The number of nitrogens with one attached hydrogen (secondary N) is 1. The van der Waals surface area contributed by atoms with Gasteiger partial charge in [-0.05, 0) is 39.3 Å². The van der Waals surface area contributed by atoms with Crippen LogP contribution in [0, 0.1) is 6.92 Å². The maximum Gasteiger partial charge on any atom is 0.223 e. The second-order valence-corrected chi connectivity index (χ2v) is 9.99. The monoisotopic (exact) mass is 394 g/mol. The molecule has 0 amide bonds. The van der Waals surface area contributed by atoms with E-state index in [0.29, 0.717) is 42.9 Å². The molecule has 0 radical (unpaired) electrons. The number of rotatable bonds is 5. The summed E-state index contributed by atoms with van der Waals surface area (Å²) in [4.78, 5) is 6.72. The van der Waals surface area contributed by atoms with E-state index in [4.69, 9.17) is 9.47 Å². The van der Waals surface area contributed by atoms with Crippen LogP contribution < -0.4 is 9.64 Å². The number of ether oxygens (including phenoxy) is 2. The second-order valence-electron chi connectivity index (χ2n) is 7.43. The van der Waals surface area contributed by atoms with Gasteiger partial charge in [-0.3, -0.25) is 0 Å². The average molecular weight is 394 g/mol. The van der Waals surface area contributed by atoms with Crippen molar-refractivity contribution in [2.24, 2.45) is 0 Å². The van der Waals surface area contributed by atoms with Crippen LogP contribution in [0.1, 0.15) is 32.0 Å². The molecule has 0 spiro atoms. The van der Waals surface area contributed by atoms with Crippen LogP contribution in [0.5, 0.6) is 11.8 Å². The van der Waals surface area contributed by atoms with Crippen molar-refractivity contribution < 1.29 is 17.9 Å². The van der Waals surface area contributed by atoms with Gasteiger partial charge in [-0.25, -0.2) is 13.5 Å². The number of aryl methyl sites for hydroxylation is 1. The SMILES string of the molecule is Cc1cc(Oc2cc(C(C)(C)S(C)(=O)=O)cc(N3CCOC[C@H]3C)n2)[nH]n1. The van der Waals surface area contributed by atoms with Gasteiger partial charge in [0, 0.05) is 24.9 Å². The summed E-state index contributed by atoms with van der Waals surface area (Å²) >= 11 is 0. The first-order chi connectivity index (χ1) is 12.6. The van der Waals surface area contributed by atoms with Gasteiger partial charge in [0.15, 0.2) is 9.84 Å². The lowest BCUT2D eigenvalue weighted by Crippen LogP contribution is -2.44. The van der Waals surface area contributed by atoms with Crippen molar-refractivity contribution in [3.63, 3.8) is 0 Å². The number of pyridine rings is 1. The van der Waals surface area contributed by atoms with E-state index in [1.54, 1.807) is 26.0 Å². The van der Waals surface area contributed by atoms with E-state index in [-0.39, 0.29) is 6.04 Å². The van der Waals surface area contributed by atoms with E-state index in [1.807, 2.05) is 19.9 Å². The predicted molar refractivity (Wildman–Crippen MR) is 103 cm³/mol. The molecular formula is C18H26N4O4S. The molecule has 1 fully saturated rings. The Bertz CT molecular complexity index is 923. The van der Waals surface area contributed by atoms with Gasteiger partial charge in [-0.15, -0.1) is 0 Å². The summed E-state index contributed by atoms with van der Waals surface area (Å²) in [5.41, 5.74) is 1.42. The fourth-order valence-corrected chi connectivity index (χ4v) is 3.43. The van der Waals surface area contributed by atoms with Crippen molar-refractivity contribution in [1.82, 2.24) is 15.2 Å². The Balaban J connectivity index is 2.07. The molecule has 1 atom stereocenters. The Morgan fingerprint density at radius 3 is 2.67 bits per heavy atom. The Morgan fingerprint density at radius 2 is 2.07 bits per heavy atom. The summed E-state index contributed by atoms with van der Waals surface area (Å²) in [5.74, 6) is 1.45. The highest BCUT2D eigenvalue weighted by atomic mass is 32.2. The van der Waals surface area contributed by atoms with Crippen LogP contribution in [0.3, 0.4) is 0 Å². The quantitative estimate of drug-likeness (QED) is 0.831. The lowest BCUT2D eigenvalue weighted by molar-refractivity contribution is 0.0984. The van der Waals surface area contributed by atoms with Crippen molar-refractivity contribution in [3.05, 3.63) is 29.5 Å². The first-order valence-corrected chi connectivity index (χ1v) is 10.7. The largest absolute Gasteiger partial charge is 0.421 e. The van der Waals surface area contributed by atoms with Crippen LogP contribution in [0.4, 0.5) is 5.82 Å². The van der Waals surface area contributed by atoms with Gasteiger partial charge >= 0.3 is 0 Å². The first kappa shape index (κ1) is 19.6. The second kappa shape index (κ2) is 7.12. The van der Waals surface area contributed by atoms with Crippen molar-refractivity contribution in [1.29, 1.82) is 0 Å². The lowest BCUT2D eigenvalue weighted by Gasteiger charge is -2.35. The van der Waals surface area contributed by atoms with Crippen molar-refractivity contribution in [3.8, 4) is 11.8 Å². The molecular weight excluding hydrogens is 368 g/mol. The lowest BCUT2D eigenvalue weighted by atomic mass is 10.0. The molecule has 1 N–H and O–H groups in total. The van der Waals surface area contributed by atoms with Gasteiger partial charge in [0.25, 0.3) is 0 Å². The highest BCUT2D eigenvalue weighted by Crippen LogP contribution is 2.35. The molecule has 148 valence electrons. The maximum absolute atomic E-state index is 12.4. The molecule has 9 heteroatoms. The van der Waals surface area contributed by atoms with E-state index in [1.165, 1.54) is 6.26 Å². The first-order valence-electron chi connectivity index (χ1n) is 8.84. The number of anilines is 1. The predicted octanol–water partition coefficient (Wildman–Crippen LogP) is 2.41. The molecule has 3 rings (SSSR count). The number of H-pyrrole nitrogens is 1. The van der Waals surface area contributed by atoms with E-state index in [2.05, 4.69) is 20.1 Å². The van der Waals surface area contributed by atoms with Crippen LogP contribution in [-0.2, 0) is 19.3 Å². The summed E-state index contributed by atoms with van der Waals surface area (Å²) in [6.07, 6.45) is 1.24. The summed E-state index contributed by atoms with van der Waals surface area (Å²) in [6.45, 7) is 9.15. The molecule has 0 aromatic carbocycles. The van der Waals surface area contributed by atoms with E-state index < -0.39 is 14.6 Å². The van der Waals surface area contributed by atoms with E-state index in [9.17, 15) is 8.42 Å². The number of aromatic nitrogens is 3. The van der Waals surface area contributed by atoms with Crippen LogP contribution >= 0.6 is 0 Å². The molecule has 1 aliphatic rings. The smallest absolute Gasteiger partial charge is 0.223 e. The van der Waals surface area contributed by atoms with Crippen LogP contribution in [-0.4, -0.2) is 55.7 Å². The molecule has 2 aromatic heterocycles. The van der Waals surface area contributed by atoms with Gasteiger partial charge in [-0.2, -0.15) is 10.1 Å². The topological polar surface area (TPSA) is 97.4 Å². The number of hydrogen-bond donors (Lipinski definition) is 1. The number of sulfone groups is 1. The molecule has 27 heavy (non-hydrogen) atoms. The molecule has 1 saturated heterocycles. The Kier molecular flexibility index (Phi) is 5.18. The minimum absolute atomic E-state index is 0.130. The van der Waals surface area contributed by atoms with Gasteiger partial charge in [0.2, 0.25) is 11.8 Å². The van der Waals surface area contributed by atoms with Crippen molar-refractivity contribution >= 4 is 15.7 Å². The minimum Gasteiger partial charge on any atom is -0.421 e. The number of hydrogen-bond acceptors (Lipinski definition) is 7. The van der Waals surface area contributed by atoms with E-state index >= 15 is 0 Å². The zero-order valence-electron chi connectivity index (χ0n) is 16.3. The van der Waals surface area contributed by atoms with Gasteiger partial charge < -0.3 is 14.4 Å². The Morgan fingerprint density at radius 1 is 1.33 bits per heavy atom. The average Bonchev–Trinajstić information content (AvgIpc) is 2.98. The zero-order chi connectivity index (χ0) is 19.8. The molecule has 3 heterocycles. The van der Waals surface area contributed by atoms with Gasteiger partial charge in [-0.1, -0.05) is 0 Å². The summed E-state index contributed by atoms with van der Waals surface area (Å²) in [7, 11) is -3.35. The molecule has 2 aromatic rings. The fraction of sp³-hybridized carbons (Fsp3) is 0.556. The molecule has 0 unspecified atom stereocenters. The third-order valence-corrected chi connectivity index (χ3v) is 7.06. The van der Waals surface area contributed by atoms with Crippen LogP contribution in [0.2, 0.25) is 0 Å². The minimum atomic E-state index is -3.35. The summed E-state index contributed by atoms with van der Waals surface area (Å²) in [6, 6.07) is 5.39. The standard InChI is InChI=1S/C18H26N4O4S/c1-12-8-17(21-20-12)26-16-10-14(18(3,4)27(5,23)24)9-15(19-16)22-6-7-25-11-13(22)2/h8-10,13H,6-7,11H2,1-5H3,(H,20,21)/t13-/m1/s1. The Labute approximate surface area is 159 Å². The molecule has 0 bridgehead atoms.